The molecule has 0 radical (unpaired) electrons. The maximum Gasteiger partial charge on any atom is 0.251 e. The SMILES string of the molecule is OC[C@H]1O[C@@H](n2cnc3c(Oc4cccc5cccnc45)ncnc32)C(O)C1O. The summed E-state index contributed by atoms with van der Waals surface area (Å²) in [5.74, 6) is 0.740. The molecule has 3 aromatic heterocycles. The second kappa shape index (κ2) is 7.01. The van der Waals surface area contributed by atoms with Crippen LogP contribution in [-0.2, 0) is 4.74 Å². The van der Waals surface area contributed by atoms with Crippen molar-refractivity contribution >= 4 is 22.1 Å². The van der Waals surface area contributed by atoms with Crippen molar-refractivity contribution in [1.82, 2.24) is 24.5 Å². The van der Waals surface area contributed by atoms with Crippen molar-refractivity contribution in [3.63, 3.8) is 0 Å². The summed E-state index contributed by atoms with van der Waals surface area (Å²) in [6, 6.07) is 9.35. The highest BCUT2D eigenvalue weighted by atomic mass is 16.6. The lowest BCUT2D eigenvalue weighted by Gasteiger charge is -2.16. The van der Waals surface area contributed by atoms with Gasteiger partial charge in [-0.3, -0.25) is 9.55 Å². The van der Waals surface area contributed by atoms with Gasteiger partial charge in [0.25, 0.3) is 5.88 Å². The highest BCUT2D eigenvalue weighted by Crippen LogP contribution is 2.34. The summed E-state index contributed by atoms with van der Waals surface area (Å²) in [4.78, 5) is 17.1. The lowest BCUT2D eigenvalue weighted by molar-refractivity contribution is -0.0511. The highest BCUT2D eigenvalue weighted by Gasteiger charge is 2.44. The fourth-order valence-corrected chi connectivity index (χ4v) is 3.46. The second-order valence-corrected chi connectivity index (χ2v) is 6.67. The summed E-state index contributed by atoms with van der Waals surface area (Å²) < 4.78 is 13.0. The number of pyridine rings is 1. The monoisotopic (exact) mass is 395 g/mol. The van der Waals surface area contributed by atoms with Crippen LogP contribution in [0.3, 0.4) is 0 Å². The molecule has 4 atom stereocenters. The van der Waals surface area contributed by atoms with Crippen molar-refractivity contribution in [2.24, 2.45) is 0 Å². The minimum absolute atomic E-state index is 0.221. The maximum atomic E-state index is 10.3. The molecule has 4 heterocycles. The van der Waals surface area contributed by atoms with Crippen LogP contribution in [0.2, 0.25) is 0 Å². The van der Waals surface area contributed by atoms with Gasteiger partial charge in [0, 0.05) is 11.6 Å². The molecule has 1 aliphatic heterocycles. The van der Waals surface area contributed by atoms with Gasteiger partial charge in [-0.1, -0.05) is 18.2 Å². The number of para-hydroxylation sites is 1. The van der Waals surface area contributed by atoms with E-state index >= 15 is 0 Å². The molecule has 10 nitrogen and oxygen atoms in total. The second-order valence-electron chi connectivity index (χ2n) is 6.67. The van der Waals surface area contributed by atoms with Gasteiger partial charge in [-0.2, -0.15) is 4.98 Å². The number of aliphatic hydroxyl groups is 3. The molecule has 2 unspecified atom stereocenters. The fraction of sp³-hybridized carbons (Fsp3) is 0.263. The number of fused-ring (bicyclic) bond motifs is 2. The quantitative estimate of drug-likeness (QED) is 0.458. The summed E-state index contributed by atoms with van der Waals surface area (Å²) in [5.41, 5.74) is 1.40. The molecule has 1 aliphatic rings. The van der Waals surface area contributed by atoms with Crippen LogP contribution in [0.1, 0.15) is 6.23 Å². The standard InChI is InChI=1S/C19H17N5O5/c25-7-12-15(26)16(27)19(29-12)24-9-23-14-17(24)21-8-22-18(14)28-11-5-1-3-10-4-2-6-20-13(10)11/h1-6,8-9,12,15-16,19,25-27H,7H2/t12-,15?,16?,19-/m1/s1. The Balaban J connectivity index is 1.54. The van der Waals surface area contributed by atoms with E-state index in [0.717, 1.165) is 5.39 Å². The Morgan fingerprint density at radius 2 is 1.86 bits per heavy atom. The third-order valence-corrected chi connectivity index (χ3v) is 4.92. The molecule has 3 N–H and O–H groups in total. The molecule has 5 rings (SSSR count). The molecule has 1 saturated heterocycles. The molecule has 148 valence electrons. The van der Waals surface area contributed by atoms with Crippen LogP contribution in [0, 0.1) is 0 Å². The molecule has 4 aromatic rings. The van der Waals surface area contributed by atoms with Crippen LogP contribution < -0.4 is 4.74 Å². The van der Waals surface area contributed by atoms with E-state index in [1.54, 1.807) is 12.3 Å². The van der Waals surface area contributed by atoms with Gasteiger partial charge in [0.15, 0.2) is 23.1 Å². The van der Waals surface area contributed by atoms with Crippen molar-refractivity contribution < 1.29 is 24.8 Å². The van der Waals surface area contributed by atoms with E-state index in [0.29, 0.717) is 22.4 Å². The fourth-order valence-electron chi connectivity index (χ4n) is 3.46. The Bertz CT molecular complexity index is 1180. The molecule has 1 fully saturated rings. The molecule has 0 aliphatic carbocycles. The van der Waals surface area contributed by atoms with Gasteiger partial charge in [0.1, 0.15) is 30.2 Å². The number of imidazole rings is 1. The van der Waals surface area contributed by atoms with E-state index in [4.69, 9.17) is 9.47 Å². The summed E-state index contributed by atoms with van der Waals surface area (Å²) >= 11 is 0. The van der Waals surface area contributed by atoms with Gasteiger partial charge in [-0.15, -0.1) is 0 Å². The number of nitrogens with zero attached hydrogens (tertiary/aromatic N) is 5. The Kier molecular flexibility index (Phi) is 4.32. The van der Waals surface area contributed by atoms with Crippen molar-refractivity contribution in [2.75, 3.05) is 6.61 Å². The normalized spacial score (nSPS) is 24.4. The lowest BCUT2D eigenvalue weighted by Crippen LogP contribution is -2.33. The predicted molar refractivity (Wildman–Crippen MR) is 100 cm³/mol. The van der Waals surface area contributed by atoms with E-state index in [2.05, 4.69) is 19.9 Å². The zero-order valence-electron chi connectivity index (χ0n) is 15.0. The smallest absolute Gasteiger partial charge is 0.251 e. The first-order valence-electron chi connectivity index (χ1n) is 8.99. The minimum atomic E-state index is -1.24. The van der Waals surface area contributed by atoms with Crippen LogP contribution >= 0.6 is 0 Å². The first-order chi connectivity index (χ1) is 14.2. The average Bonchev–Trinajstić information content (AvgIpc) is 3.30. The number of hydrogen-bond donors (Lipinski definition) is 3. The van der Waals surface area contributed by atoms with Crippen molar-refractivity contribution in [2.45, 2.75) is 24.5 Å². The number of benzene rings is 1. The summed E-state index contributed by atoms with van der Waals surface area (Å²) in [6.45, 7) is -0.418. The van der Waals surface area contributed by atoms with Crippen molar-refractivity contribution in [3.8, 4) is 11.6 Å². The van der Waals surface area contributed by atoms with E-state index in [-0.39, 0.29) is 5.88 Å². The third kappa shape index (κ3) is 2.89. The van der Waals surface area contributed by atoms with Crippen LogP contribution in [0.5, 0.6) is 11.6 Å². The number of hydrogen-bond acceptors (Lipinski definition) is 9. The third-order valence-electron chi connectivity index (χ3n) is 4.92. The molecule has 29 heavy (non-hydrogen) atoms. The molecule has 10 heteroatoms. The van der Waals surface area contributed by atoms with Gasteiger partial charge in [-0.25, -0.2) is 9.97 Å². The predicted octanol–water partition coefficient (Wildman–Crippen LogP) is 0.778. The summed E-state index contributed by atoms with van der Waals surface area (Å²) in [6.07, 6.45) is 0.110. The first kappa shape index (κ1) is 17.9. The Morgan fingerprint density at radius 3 is 2.69 bits per heavy atom. The first-order valence-corrected chi connectivity index (χ1v) is 8.99. The van der Waals surface area contributed by atoms with Crippen LogP contribution in [0.15, 0.2) is 49.2 Å². The topological polar surface area (TPSA) is 136 Å². The zero-order valence-corrected chi connectivity index (χ0v) is 15.0. The number of rotatable bonds is 4. The molecule has 0 spiro atoms. The van der Waals surface area contributed by atoms with Crippen molar-refractivity contribution in [3.05, 3.63) is 49.2 Å². The summed E-state index contributed by atoms with van der Waals surface area (Å²) in [5, 5.41) is 30.5. The van der Waals surface area contributed by atoms with Gasteiger partial charge in [0.05, 0.1) is 12.9 Å². The summed E-state index contributed by atoms with van der Waals surface area (Å²) in [7, 11) is 0. The van der Waals surface area contributed by atoms with E-state index in [1.165, 1.54) is 17.2 Å². The van der Waals surface area contributed by atoms with Crippen molar-refractivity contribution in [1.29, 1.82) is 0 Å². The maximum absolute atomic E-state index is 10.3. The average molecular weight is 395 g/mol. The van der Waals surface area contributed by atoms with E-state index in [9.17, 15) is 15.3 Å². The van der Waals surface area contributed by atoms with Gasteiger partial charge < -0.3 is 24.8 Å². The number of aromatic nitrogens is 5. The van der Waals surface area contributed by atoms with Crippen LogP contribution in [-0.4, -0.2) is 64.7 Å². The molecular formula is C19H17N5O5. The lowest BCUT2D eigenvalue weighted by atomic mass is 10.1. The van der Waals surface area contributed by atoms with Gasteiger partial charge in [0.2, 0.25) is 0 Å². The molecule has 0 bridgehead atoms. The van der Waals surface area contributed by atoms with Gasteiger partial charge >= 0.3 is 0 Å². The molecule has 0 saturated carbocycles. The molecular weight excluding hydrogens is 378 g/mol. The van der Waals surface area contributed by atoms with E-state index in [1.807, 2.05) is 24.3 Å². The van der Waals surface area contributed by atoms with Crippen LogP contribution in [0.4, 0.5) is 0 Å². The van der Waals surface area contributed by atoms with Crippen LogP contribution in [0.25, 0.3) is 22.1 Å². The Labute approximate surface area is 164 Å². The molecule has 0 amide bonds. The highest BCUT2D eigenvalue weighted by molar-refractivity contribution is 5.85. The largest absolute Gasteiger partial charge is 0.435 e. The minimum Gasteiger partial charge on any atom is -0.435 e. The molecule has 1 aromatic carbocycles. The number of aliphatic hydroxyl groups excluding tert-OH is 3. The Morgan fingerprint density at radius 1 is 1.00 bits per heavy atom. The Hall–Kier alpha value is -3.18. The van der Waals surface area contributed by atoms with Gasteiger partial charge in [-0.05, 0) is 12.1 Å². The van der Waals surface area contributed by atoms with E-state index < -0.39 is 31.1 Å². The zero-order chi connectivity index (χ0) is 20.0. The number of ether oxygens (including phenoxy) is 2.